The number of aryl methyl sites for hydroxylation is 2. The third-order valence-corrected chi connectivity index (χ3v) is 6.37. The third-order valence-electron chi connectivity index (χ3n) is 6.37. The number of hydrogen-bond donors (Lipinski definition) is 0. The van der Waals surface area contributed by atoms with Gasteiger partial charge < -0.3 is 4.57 Å². The highest BCUT2D eigenvalue weighted by atomic mass is 16.1. The maximum Gasteiger partial charge on any atom is 0.258 e. The molecule has 0 spiro atoms. The summed E-state index contributed by atoms with van der Waals surface area (Å²) in [5.41, 5.74) is 5.35. The summed E-state index contributed by atoms with van der Waals surface area (Å²) in [6.45, 7) is 3.72. The number of pyridine rings is 1. The molecule has 28 heavy (non-hydrogen) atoms. The summed E-state index contributed by atoms with van der Waals surface area (Å²) >= 11 is 0. The molecule has 0 radical (unpaired) electrons. The van der Waals surface area contributed by atoms with Crippen LogP contribution in [0.3, 0.4) is 0 Å². The largest absolute Gasteiger partial charge is 0.334 e. The minimum atomic E-state index is -0.00750. The molecule has 3 aromatic rings. The molecule has 6 heteroatoms. The minimum Gasteiger partial charge on any atom is -0.334 e. The molecule has 4 heterocycles. The van der Waals surface area contributed by atoms with Gasteiger partial charge in [-0.1, -0.05) is 6.07 Å². The normalized spacial score (nSPS) is 20.0. The molecule has 2 aliphatic rings. The molecule has 0 amide bonds. The second-order valence-electron chi connectivity index (χ2n) is 8.23. The number of likely N-dealkylation sites (tertiary alicyclic amines) is 1. The topological polar surface area (TPSA) is 55.4 Å². The maximum atomic E-state index is 12.6. The average molecular weight is 377 g/mol. The quantitative estimate of drug-likeness (QED) is 0.704. The van der Waals surface area contributed by atoms with Crippen molar-refractivity contribution >= 4 is 5.65 Å². The molecule has 1 aliphatic carbocycles. The Morgan fingerprint density at radius 3 is 2.89 bits per heavy atom. The summed E-state index contributed by atoms with van der Waals surface area (Å²) in [5.74, 6) is 1.19. The Balaban J connectivity index is 1.47. The summed E-state index contributed by atoms with van der Waals surface area (Å²) in [7, 11) is 2.17. The van der Waals surface area contributed by atoms with Crippen LogP contribution in [-0.2, 0) is 26.4 Å². The average Bonchev–Trinajstić information content (AvgIpc) is 3.27. The molecule has 1 aliphatic heterocycles. The molecule has 0 N–H and O–H groups in total. The Labute approximate surface area is 164 Å². The molecule has 146 valence electrons. The molecule has 6 nitrogen and oxygen atoms in total. The van der Waals surface area contributed by atoms with Crippen molar-refractivity contribution < 1.29 is 0 Å². The van der Waals surface area contributed by atoms with Crippen molar-refractivity contribution in [3.8, 4) is 0 Å². The van der Waals surface area contributed by atoms with E-state index in [4.69, 9.17) is 9.97 Å². The maximum absolute atomic E-state index is 12.6. The smallest absolute Gasteiger partial charge is 0.258 e. The number of aromatic nitrogens is 4. The van der Waals surface area contributed by atoms with Gasteiger partial charge >= 0.3 is 0 Å². The molecule has 1 fully saturated rings. The highest BCUT2D eigenvalue weighted by Crippen LogP contribution is 2.34. The number of imidazole rings is 1. The van der Waals surface area contributed by atoms with Crippen molar-refractivity contribution in [1.82, 2.24) is 23.8 Å². The van der Waals surface area contributed by atoms with E-state index in [9.17, 15) is 4.79 Å². The third kappa shape index (κ3) is 2.87. The molecule has 3 aromatic heterocycles. The van der Waals surface area contributed by atoms with Crippen molar-refractivity contribution in [3.05, 3.63) is 63.2 Å². The van der Waals surface area contributed by atoms with Crippen LogP contribution in [0.1, 0.15) is 60.2 Å². The molecule has 0 aromatic carbocycles. The van der Waals surface area contributed by atoms with Crippen molar-refractivity contribution in [2.24, 2.45) is 7.05 Å². The van der Waals surface area contributed by atoms with Crippen LogP contribution in [0.25, 0.3) is 5.65 Å². The molecule has 1 atom stereocenters. The molecule has 0 bridgehead atoms. The monoisotopic (exact) mass is 377 g/mol. The van der Waals surface area contributed by atoms with Gasteiger partial charge in [0.1, 0.15) is 11.5 Å². The van der Waals surface area contributed by atoms with Gasteiger partial charge in [0, 0.05) is 31.5 Å². The van der Waals surface area contributed by atoms with Crippen LogP contribution in [0.4, 0.5) is 0 Å². The molecule has 0 saturated carbocycles. The van der Waals surface area contributed by atoms with Crippen LogP contribution in [0, 0.1) is 6.92 Å². The first-order valence-electron chi connectivity index (χ1n) is 10.4. The Kier molecular flexibility index (Phi) is 4.31. The highest BCUT2D eigenvalue weighted by Gasteiger charge is 2.31. The standard InChI is InChI=1S/C22H27N5O/c1-15-7-5-12-27-20(28)13-16(23-21(15)27)14-26-11-6-10-19(26)22-24-17-8-3-4-9-18(17)25(22)2/h5,7,12-13,19H,3-4,6,8-11,14H2,1-2H3/t19-/m0/s1. The van der Waals surface area contributed by atoms with E-state index in [0.717, 1.165) is 49.1 Å². The predicted octanol–water partition coefficient (Wildman–Crippen LogP) is 2.95. The van der Waals surface area contributed by atoms with Gasteiger partial charge in [-0.15, -0.1) is 0 Å². The lowest BCUT2D eigenvalue weighted by Gasteiger charge is -2.24. The number of fused-ring (bicyclic) bond motifs is 2. The second kappa shape index (κ2) is 6.85. The van der Waals surface area contributed by atoms with Gasteiger partial charge in [0.2, 0.25) is 0 Å². The van der Waals surface area contributed by atoms with Gasteiger partial charge in [0.25, 0.3) is 5.56 Å². The van der Waals surface area contributed by atoms with Crippen molar-refractivity contribution in [2.45, 2.75) is 58.0 Å². The zero-order valence-corrected chi connectivity index (χ0v) is 16.7. The number of hydrogen-bond acceptors (Lipinski definition) is 4. The Bertz CT molecular complexity index is 1100. The Morgan fingerprint density at radius 1 is 1.18 bits per heavy atom. The van der Waals surface area contributed by atoms with Crippen molar-refractivity contribution in [1.29, 1.82) is 0 Å². The van der Waals surface area contributed by atoms with Gasteiger partial charge in [-0.3, -0.25) is 14.1 Å². The molecule has 1 saturated heterocycles. The Hall–Kier alpha value is -2.47. The van der Waals surface area contributed by atoms with E-state index >= 15 is 0 Å². The summed E-state index contributed by atoms with van der Waals surface area (Å²) in [6.07, 6.45) is 8.85. The fourth-order valence-corrected chi connectivity index (χ4v) is 4.91. The number of rotatable bonds is 3. The van der Waals surface area contributed by atoms with E-state index in [-0.39, 0.29) is 5.56 Å². The molecular formula is C22H27N5O. The molecule has 5 rings (SSSR count). The summed E-state index contributed by atoms with van der Waals surface area (Å²) in [5, 5.41) is 0. The van der Waals surface area contributed by atoms with E-state index in [2.05, 4.69) is 16.5 Å². The first-order chi connectivity index (χ1) is 13.6. The van der Waals surface area contributed by atoms with E-state index in [1.54, 1.807) is 16.7 Å². The van der Waals surface area contributed by atoms with Gasteiger partial charge in [0.05, 0.1) is 17.4 Å². The highest BCUT2D eigenvalue weighted by molar-refractivity contribution is 5.46. The molecule has 0 unspecified atom stereocenters. The first kappa shape index (κ1) is 17.6. The van der Waals surface area contributed by atoms with Crippen LogP contribution >= 0.6 is 0 Å². The summed E-state index contributed by atoms with van der Waals surface area (Å²) in [4.78, 5) is 24.9. The fraction of sp³-hybridized carbons (Fsp3) is 0.500. The van der Waals surface area contributed by atoms with E-state index in [1.165, 1.54) is 30.1 Å². The van der Waals surface area contributed by atoms with Gasteiger partial charge in [-0.25, -0.2) is 9.97 Å². The van der Waals surface area contributed by atoms with Crippen LogP contribution in [0.2, 0.25) is 0 Å². The van der Waals surface area contributed by atoms with Crippen LogP contribution < -0.4 is 5.56 Å². The lowest BCUT2D eigenvalue weighted by molar-refractivity contribution is 0.233. The minimum absolute atomic E-state index is 0.00750. The van der Waals surface area contributed by atoms with Crippen LogP contribution in [-0.4, -0.2) is 30.4 Å². The zero-order chi connectivity index (χ0) is 19.3. The van der Waals surface area contributed by atoms with E-state index in [0.29, 0.717) is 12.6 Å². The Morgan fingerprint density at radius 2 is 2.04 bits per heavy atom. The van der Waals surface area contributed by atoms with Crippen molar-refractivity contribution in [3.63, 3.8) is 0 Å². The van der Waals surface area contributed by atoms with E-state index in [1.807, 2.05) is 19.1 Å². The summed E-state index contributed by atoms with van der Waals surface area (Å²) < 4.78 is 3.97. The summed E-state index contributed by atoms with van der Waals surface area (Å²) in [6, 6.07) is 5.89. The SMILES string of the molecule is Cc1cccn2c(=O)cc(CN3CCC[C@H]3c3nc4c(n3C)CCCC4)nc12. The van der Waals surface area contributed by atoms with Crippen LogP contribution in [0.15, 0.2) is 29.2 Å². The van der Waals surface area contributed by atoms with Gasteiger partial charge in [-0.2, -0.15) is 0 Å². The zero-order valence-electron chi connectivity index (χ0n) is 16.7. The van der Waals surface area contributed by atoms with Gasteiger partial charge in [0.15, 0.2) is 0 Å². The van der Waals surface area contributed by atoms with E-state index < -0.39 is 0 Å². The first-order valence-corrected chi connectivity index (χ1v) is 10.4. The fourth-order valence-electron chi connectivity index (χ4n) is 4.91. The van der Waals surface area contributed by atoms with Gasteiger partial charge in [-0.05, 0) is 63.6 Å². The number of nitrogens with zero attached hydrogens (tertiary/aromatic N) is 5. The lowest BCUT2D eigenvalue weighted by atomic mass is 10.0. The van der Waals surface area contributed by atoms with Crippen LogP contribution in [0.5, 0.6) is 0 Å². The van der Waals surface area contributed by atoms with Crippen molar-refractivity contribution in [2.75, 3.05) is 6.54 Å². The molecular weight excluding hydrogens is 350 g/mol. The lowest BCUT2D eigenvalue weighted by Crippen LogP contribution is -2.27. The predicted molar refractivity (Wildman–Crippen MR) is 108 cm³/mol. The second-order valence-corrected chi connectivity index (χ2v) is 8.23.